The maximum Gasteiger partial charge on any atom is 0.129 e. The standard InChI is InChI=1S/C27H23N3OS/c1-18-15-19(2)30(29-18)23-12-8-14-25(17-23)31-24-13-7-11-22(16-24)27-28-20(3)26(32-27)21-9-5-4-6-10-21/h4-17H,1-3H3. The number of ether oxygens (including phenoxy) is 1. The first-order valence-electron chi connectivity index (χ1n) is 10.5. The summed E-state index contributed by atoms with van der Waals surface area (Å²) in [7, 11) is 0. The Hall–Kier alpha value is -3.70. The molecule has 0 unspecified atom stereocenters. The topological polar surface area (TPSA) is 39.9 Å². The Morgan fingerprint density at radius 2 is 1.47 bits per heavy atom. The molecule has 0 bridgehead atoms. The third kappa shape index (κ3) is 4.07. The molecule has 2 aromatic heterocycles. The molecular formula is C27H23N3OS. The van der Waals surface area contributed by atoms with Crippen LogP contribution < -0.4 is 4.74 Å². The molecule has 0 amide bonds. The van der Waals surface area contributed by atoms with Crippen LogP contribution in [0.5, 0.6) is 11.5 Å². The van der Waals surface area contributed by atoms with Crippen LogP contribution in [0.4, 0.5) is 0 Å². The van der Waals surface area contributed by atoms with Crippen molar-refractivity contribution >= 4 is 11.3 Å². The van der Waals surface area contributed by atoms with Gasteiger partial charge in [0, 0.05) is 17.3 Å². The van der Waals surface area contributed by atoms with Crippen LogP contribution in [0, 0.1) is 20.8 Å². The molecule has 5 aromatic rings. The van der Waals surface area contributed by atoms with E-state index < -0.39 is 0 Å². The van der Waals surface area contributed by atoms with E-state index in [1.807, 2.05) is 60.1 Å². The quantitative estimate of drug-likeness (QED) is 0.288. The number of aromatic nitrogens is 3. The average Bonchev–Trinajstić information content (AvgIpc) is 3.36. The highest BCUT2D eigenvalue weighted by molar-refractivity contribution is 7.18. The Kier molecular flexibility index (Phi) is 5.33. The molecule has 32 heavy (non-hydrogen) atoms. The van der Waals surface area contributed by atoms with Gasteiger partial charge >= 0.3 is 0 Å². The summed E-state index contributed by atoms with van der Waals surface area (Å²) < 4.78 is 8.14. The van der Waals surface area contributed by atoms with Gasteiger partial charge in [0.2, 0.25) is 0 Å². The lowest BCUT2D eigenvalue weighted by molar-refractivity contribution is 0.482. The molecule has 0 aliphatic rings. The van der Waals surface area contributed by atoms with Gasteiger partial charge in [0.15, 0.2) is 0 Å². The van der Waals surface area contributed by atoms with E-state index in [1.54, 1.807) is 11.3 Å². The van der Waals surface area contributed by atoms with Crippen molar-refractivity contribution in [2.75, 3.05) is 0 Å². The highest BCUT2D eigenvalue weighted by Gasteiger charge is 2.12. The van der Waals surface area contributed by atoms with E-state index in [0.717, 1.165) is 44.8 Å². The summed E-state index contributed by atoms with van der Waals surface area (Å²) in [6.45, 7) is 6.11. The third-order valence-corrected chi connectivity index (χ3v) is 6.48. The number of hydrogen-bond donors (Lipinski definition) is 0. The largest absolute Gasteiger partial charge is 0.457 e. The van der Waals surface area contributed by atoms with Crippen LogP contribution in [0.2, 0.25) is 0 Å². The molecule has 0 spiro atoms. The molecule has 0 saturated carbocycles. The van der Waals surface area contributed by atoms with Gasteiger partial charge in [-0.25, -0.2) is 9.67 Å². The summed E-state index contributed by atoms with van der Waals surface area (Å²) in [5.74, 6) is 1.55. The van der Waals surface area contributed by atoms with E-state index in [9.17, 15) is 0 Å². The smallest absolute Gasteiger partial charge is 0.129 e. The van der Waals surface area contributed by atoms with E-state index in [2.05, 4.69) is 55.3 Å². The van der Waals surface area contributed by atoms with Crippen LogP contribution in [0.1, 0.15) is 17.1 Å². The van der Waals surface area contributed by atoms with Gasteiger partial charge in [-0.05, 0) is 56.7 Å². The van der Waals surface area contributed by atoms with Crippen LogP contribution in [0.25, 0.3) is 26.7 Å². The van der Waals surface area contributed by atoms with Gasteiger partial charge in [0.25, 0.3) is 0 Å². The first kappa shape index (κ1) is 20.2. The van der Waals surface area contributed by atoms with E-state index >= 15 is 0 Å². The summed E-state index contributed by atoms with van der Waals surface area (Å²) in [5.41, 5.74) is 6.35. The van der Waals surface area contributed by atoms with Crippen molar-refractivity contribution in [1.82, 2.24) is 14.8 Å². The number of rotatable bonds is 5. The lowest BCUT2D eigenvalue weighted by atomic mass is 10.2. The maximum atomic E-state index is 6.21. The Labute approximate surface area is 191 Å². The molecule has 3 aromatic carbocycles. The van der Waals surface area contributed by atoms with E-state index in [-0.39, 0.29) is 0 Å². The molecule has 0 radical (unpaired) electrons. The highest BCUT2D eigenvalue weighted by Crippen LogP contribution is 2.36. The Balaban J connectivity index is 1.42. The van der Waals surface area contributed by atoms with Crippen LogP contribution in [-0.4, -0.2) is 14.8 Å². The van der Waals surface area contributed by atoms with Gasteiger partial charge < -0.3 is 4.74 Å². The number of aryl methyl sites for hydroxylation is 3. The first-order valence-corrected chi connectivity index (χ1v) is 11.3. The minimum atomic E-state index is 0.771. The zero-order valence-corrected chi connectivity index (χ0v) is 19.1. The lowest BCUT2D eigenvalue weighted by Crippen LogP contribution is -1.99. The third-order valence-electron chi connectivity index (χ3n) is 5.22. The first-order chi connectivity index (χ1) is 15.6. The SMILES string of the molecule is Cc1cc(C)n(-c2cccc(Oc3cccc(-c4nc(C)c(-c5ccccc5)s4)c3)c2)n1. The summed E-state index contributed by atoms with van der Waals surface area (Å²) in [6, 6.07) is 28.6. The predicted octanol–water partition coefficient (Wildman–Crippen LogP) is 7.38. The molecule has 4 nitrogen and oxygen atoms in total. The Bertz CT molecular complexity index is 1390. The Morgan fingerprint density at radius 1 is 0.750 bits per heavy atom. The minimum absolute atomic E-state index is 0.771. The minimum Gasteiger partial charge on any atom is -0.457 e. The van der Waals surface area contributed by atoms with Crippen LogP contribution in [0.3, 0.4) is 0 Å². The number of hydrogen-bond acceptors (Lipinski definition) is 4. The maximum absolute atomic E-state index is 6.21. The molecule has 0 fully saturated rings. The van der Waals surface area contributed by atoms with Crippen LogP contribution in [-0.2, 0) is 0 Å². The van der Waals surface area contributed by atoms with Crippen LogP contribution >= 0.6 is 11.3 Å². The van der Waals surface area contributed by atoms with E-state index in [4.69, 9.17) is 9.72 Å². The summed E-state index contributed by atoms with van der Waals surface area (Å²) >= 11 is 1.71. The molecule has 0 atom stereocenters. The normalized spacial score (nSPS) is 11.0. The molecule has 5 heteroatoms. The fraction of sp³-hybridized carbons (Fsp3) is 0.111. The molecule has 5 rings (SSSR count). The zero-order chi connectivity index (χ0) is 22.1. The molecule has 0 aliphatic heterocycles. The van der Waals surface area contributed by atoms with Gasteiger partial charge in [0.05, 0.1) is 22.0 Å². The number of nitrogens with zero attached hydrogens (tertiary/aromatic N) is 3. The second-order valence-corrected chi connectivity index (χ2v) is 8.76. The second-order valence-electron chi connectivity index (χ2n) is 7.77. The van der Waals surface area contributed by atoms with Crippen molar-refractivity contribution < 1.29 is 4.74 Å². The summed E-state index contributed by atoms with van der Waals surface area (Å²) in [4.78, 5) is 6.02. The Morgan fingerprint density at radius 3 is 2.22 bits per heavy atom. The molecule has 0 aliphatic carbocycles. The van der Waals surface area contributed by atoms with Crippen molar-refractivity contribution in [3.05, 3.63) is 102 Å². The summed E-state index contributed by atoms with van der Waals surface area (Å²) in [6.07, 6.45) is 0. The lowest BCUT2D eigenvalue weighted by Gasteiger charge is -2.10. The highest BCUT2D eigenvalue weighted by atomic mass is 32.1. The second kappa shape index (κ2) is 8.44. The van der Waals surface area contributed by atoms with Gasteiger partial charge in [-0.1, -0.05) is 48.5 Å². The monoisotopic (exact) mass is 437 g/mol. The van der Waals surface area contributed by atoms with Crippen molar-refractivity contribution in [1.29, 1.82) is 0 Å². The summed E-state index contributed by atoms with van der Waals surface area (Å²) in [5, 5.41) is 5.56. The van der Waals surface area contributed by atoms with Crippen molar-refractivity contribution in [2.24, 2.45) is 0 Å². The molecule has 158 valence electrons. The number of benzene rings is 3. The van der Waals surface area contributed by atoms with E-state index in [1.165, 1.54) is 10.4 Å². The molecule has 0 N–H and O–H groups in total. The van der Waals surface area contributed by atoms with Crippen LogP contribution in [0.15, 0.2) is 84.9 Å². The number of thiazole rings is 1. The van der Waals surface area contributed by atoms with Crippen molar-refractivity contribution in [3.8, 4) is 38.2 Å². The molecular weight excluding hydrogens is 414 g/mol. The zero-order valence-electron chi connectivity index (χ0n) is 18.2. The van der Waals surface area contributed by atoms with Crippen molar-refractivity contribution in [3.63, 3.8) is 0 Å². The fourth-order valence-corrected chi connectivity index (χ4v) is 4.84. The molecule has 0 saturated heterocycles. The van der Waals surface area contributed by atoms with Gasteiger partial charge in [-0.15, -0.1) is 11.3 Å². The van der Waals surface area contributed by atoms with E-state index in [0.29, 0.717) is 0 Å². The van der Waals surface area contributed by atoms with Gasteiger partial charge in [0.1, 0.15) is 16.5 Å². The predicted molar refractivity (Wildman–Crippen MR) is 131 cm³/mol. The fourth-order valence-electron chi connectivity index (χ4n) is 3.77. The van der Waals surface area contributed by atoms with Crippen molar-refractivity contribution in [2.45, 2.75) is 20.8 Å². The van der Waals surface area contributed by atoms with Gasteiger partial charge in [-0.3, -0.25) is 0 Å². The molecule has 2 heterocycles. The average molecular weight is 438 g/mol. The van der Waals surface area contributed by atoms with Gasteiger partial charge in [-0.2, -0.15) is 5.10 Å².